The molecule has 2 rings (SSSR count). The summed E-state index contributed by atoms with van der Waals surface area (Å²) in [5.41, 5.74) is 1.25. The predicted octanol–water partition coefficient (Wildman–Crippen LogP) is 2.90. The Balaban J connectivity index is 2.04. The van der Waals surface area contributed by atoms with E-state index >= 15 is 0 Å². The lowest BCUT2D eigenvalue weighted by atomic mass is 10.1. The van der Waals surface area contributed by atoms with Gasteiger partial charge in [0.2, 0.25) is 11.8 Å². The first-order valence-corrected chi connectivity index (χ1v) is 9.62. The molecule has 1 saturated heterocycles. The first kappa shape index (κ1) is 18.4. The Morgan fingerprint density at radius 3 is 2.57 bits per heavy atom. The van der Waals surface area contributed by atoms with Gasteiger partial charge in [-0.25, -0.2) is 0 Å². The van der Waals surface area contributed by atoms with Crippen LogP contribution in [0.25, 0.3) is 0 Å². The van der Waals surface area contributed by atoms with Crippen molar-refractivity contribution in [1.29, 1.82) is 0 Å². The largest absolute Gasteiger partial charge is 0.354 e. The van der Waals surface area contributed by atoms with Crippen LogP contribution in [0.15, 0.2) is 11.6 Å². The number of rotatable bonds is 5. The molecule has 1 saturated carbocycles. The molecule has 1 aliphatic carbocycles. The number of carbonyl (C=O) groups excluding carboxylic acids is 2. The highest BCUT2D eigenvalue weighted by Crippen LogP contribution is 2.60. The highest BCUT2D eigenvalue weighted by molar-refractivity contribution is 7.99. The Labute approximate surface area is 144 Å². The SMILES string of the molecule is CC(C)=CC1C(C(=O)N2CSCC2C(=O)NCC(C)C)C1(C)C. The van der Waals surface area contributed by atoms with Gasteiger partial charge in [0.05, 0.1) is 11.8 Å². The van der Waals surface area contributed by atoms with Gasteiger partial charge in [0.15, 0.2) is 0 Å². The Hall–Kier alpha value is -0.970. The molecule has 0 radical (unpaired) electrons. The summed E-state index contributed by atoms with van der Waals surface area (Å²) in [7, 11) is 0. The van der Waals surface area contributed by atoms with E-state index < -0.39 is 0 Å². The third-order valence-electron chi connectivity index (χ3n) is 4.84. The molecule has 3 atom stereocenters. The van der Waals surface area contributed by atoms with Gasteiger partial charge in [-0.1, -0.05) is 39.3 Å². The van der Waals surface area contributed by atoms with Gasteiger partial charge in [0.1, 0.15) is 6.04 Å². The van der Waals surface area contributed by atoms with Gasteiger partial charge in [-0.2, -0.15) is 0 Å². The fourth-order valence-corrected chi connectivity index (χ4v) is 4.46. The van der Waals surface area contributed by atoms with Crippen molar-refractivity contribution in [2.24, 2.45) is 23.2 Å². The van der Waals surface area contributed by atoms with E-state index in [0.29, 0.717) is 30.0 Å². The molecule has 0 aromatic rings. The number of hydrogen-bond donors (Lipinski definition) is 1. The average molecular weight is 339 g/mol. The summed E-state index contributed by atoms with van der Waals surface area (Å²) in [4.78, 5) is 27.2. The van der Waals surface area contributed by atoms with Crippen LogP contribution in [0.4, 0.5) is 0 Å². The van der Waals surface area contributed by atoms with Crippen molar-refractivity contribution in [1.82, 2.24) is 10.2 Å². The third kappa shape index (κ3) is 3.93. The van der Waals surface area contributed by atoms with Crippen molar-refractivity contribution in [2.75, 3.05) is 18.2 Å². The second-order valence-electron chi connectivity index (χ2n) is 8.03. The number of nitrogens with one attached hydrogen (secondary N) is 1. The van der Waals surface area contributed by atoms with Crippen LogP contribution in [0.3, 0.4) is 0 Å². The minimum Gasteiger partial charge on any atom is -0.354 e. The number of carbonyl (C=O) groups is 2. The monoisotopic (exact) mass is 338 g/mol. The summed E-state index contributed by atoms with van der Waals surface area (Å²) < 4.78 is 0. The maximum Gasteiger partial charge on any atom is 0.243 e. The summed E-state index contributed by atoms with van der Waals surface area (Å²) in [6.07, 6.45) is 2.21. The molecule has 2 aliphatic rings. The van der Waals surface area contributed by atoms with Gasteiger partial charge >= 0.3 is 0 Å². The minimum atomic E-state index is -0.310. The zero-order valence-electron chi connectivity index (χ0n) is 15.2. The first-order chi connectivity index (χ1) is 10.7. The highest BCUT2D eigenvalue weighted by Gasteiger charge is 2.62. The molecule has 1 heterocycles. The van der Waals surface area contributed by atoms with Crippen molar-refractivity contribution in [3.8, 4) is 0 Å². The molecule has 0 aromatic carbocycles. The van der Waals surface area contributed by atoms with E-state index in [1.54, 1.807) is 16.7 Å². The predicted molar refractivity (Wildman–Crippen MR) is 96.0 cm³/mol. The van der Waals surface area contributed by atoms with Crippen LogP contribution in [0.2, 0.25) is 0 Å². The van der Waals surface area contributed by atoms with Crippen molar-refractivity contribution in [3.63, 3.8) is 0 Å². The van der Waals surface area contributed by atoms with Crippen LogP contribution in [0.5, 0.6) is 0 Å². The van der Waals surface area contributed by atoms with Crippen LogP contribution >= 0.6 is 11.8 Å². The average Bonchev–Trinajstić information content (AvgIpc) is 2.82. The van der Waals surface area contributed by atoms with Crippen LogP contribution in [0.1, 0.15) is 41.5 Å². The maximum atomic E-state index is 13.0. The summed E-state index contributed by atoms with van der Waals surface area (Å²) in [6, 6.07) is -0.310. The summed E-state index contributed by atoms with van der Waals surface area (Å²) >= 11 is 1.67. The molecular formula is C18H30N2O2S. The van der Waals surface area contributed by atoms with Gasteiger partial charge in [-0.15, -0.1) is 11.8 Å². The molecule has 2 fully saturated rings. The third-order valence-corrected chi connectivity index (χ3v) is 5.85. The zero-order valence-corrected chi connectivity index (χ0v) is 16.0. The summed E-state index contributed by atoms with van der Waals surface area (Å²) in [5, 5.41) is 2.97. The van der Waals surface area contributed by atoms with Crippen LogP contribution < -0.4 is 5.32 Å². The number of hydrogen-bond acceptors (Lipinski definition) is 3. The van der Waals surface area contributed by atoms with E-state index in [0.717, 1.165) is 0 Å². The molecule has 4 nitrogen and oxygen atoms in total. The molecule has 5 heteroatoms. The van der Waals surface area contributed by atoms with E-state index in [9.17, 15) is 9.59 Å². The number of amides is 2. The fraction of sp³-hybridized carbons (Fsp3) is 0.778. The molecule has 130 valence electrons. The molecule has 2 amide bonds. The molecule has 0 aromatic heterocycles. The van der Waals surface area contributed by atoms with Gasteiger partial charge < -0.3 is 10.2 Å². The summed E-state index contributed by atoms with van der Waals surface area (Å²) in [6.45, 7) is 13.3. The second kappa shape index (κ2) is 6.88. The second-order valence-corrected chi connectivity index (χ2v) is 9.03. The quantitative estimate of drug-likeness (QED) is 0.784. The van der Waals surface area contributed by atoms with Gasteiger partial charge in [-0.05, 0) is 31.1 Å². The first-order valence-electron chi connectivity index (χ1n) is 8.47. The smallest absolute Gasteiger partial charge is 0.243 e. The minimum absolute atomic E-state index is 0.000564. The molecule has 0 spiro atoms. The van der Waals surface area contributed by atoms with E-state index in [4.69, 9.17) is 0 Å². The van der Waals surface area contributed by atoms with Crippen LogP contribution in [-0.4, -0.2) is 40.9 Å². The Morgan fingerprint density at radius 2 is 2.00 bits per heavy atom. The van der Waals surface area contributed by atoms with Gasteiger partial charge in [0, 0.05) is 12.3 Å². The van der Waals surface area contributed by atoms with Gasteiger partial charge in [0.25, 0.3) is 0 Å². The van der Waals surface area contributed by atoms with E-state index in [1.165, 1.54) is 5.57 Å². The molecule has 3 unspecified atom stereocenters. The van der Waals surface area contributed by atoms with Crippen molar-refractivity contribution in [3.05, 3.63) is 11.6 Å². The maximum absolute atomic E-state index is 13.0. The van der Waals surface area contributed by atoms with Crippen molar-refractivity contribution >= 4 is 23.6 Å². The molecule has 1 aliphatic heterocycles. The molecule has 1 N–H and O–H groups in total. The van der Waals surface area contributed by atoms with E-state index in [-0.39, 0.29) is 29.2 Å². The number of allylic oxidation sites excluding steroid dienone is 2. The zero-order chi connectivity index (χ0) is 17.4. The molecule has 0 bridgehead atoms. The molecule has 23 heavy (non-hydrogen) atoms. The lowest BCUT2D eigenvalue weighted by Gasteiger charge is -2.24. The van der Waals surface area contributed by atoms with Crippen molar-refractivity contribution < 1.29 is 9.59 Å². The standard InChI is InChI=1S/C18H30N2O2S/c1-11(2)7-13-15(18(13,5)6)17(22)20-10-23-9-14(20)16(21)19-8-12(3)4/h7,12-15H,8-10H2,1-6H3,(H,19,21). The van der Waals surface area contributed by atoms with E-state index in [1.807, 2.05) is 0 Å². The fourth-order valence-electron chi connectivity index (χ4n) is 3.30. The number of thioether (sulfide) groups is 1. The topological polar surface area (TPSA) is 49.4 Å². The van der Waals surface area contributed by atoms with Crippen molar-refractivity contribution in [2.45, 2.75) is 47.6 Å². The van der Waals surface area contributed by atoms with Crippen LogP contribution in [0, 0.1) is 23.2 Å². The Morgan fingerprint density at radius 1 is 1.35 bits per heavy atom. The summed E-state index contributed by atoms with van der Waals surface area (Å²) in [5.74, 6) is 2.20. The lowest BCUT2D eigenvalue weighted by Crippen LogP contribution is -2.48. The normalized spacial score (nSPS) is 28.7. The lowest BCUT2D eigenvalue weighted by molar-refractivity contribution is -0.139. The Kier molecular flexibility index (Phi) is 5.49. The van der Waals surface area contributed by atoms with Crippen LogP contribution in [-0.2, 0) is 9.59 Å². The van der Waals surface area contributed by atoms with Gasteiger partial charge in [-0.3, -0.25) is 9.59 Å². The highest BCUT2D eigenvalue weighted by atomic mass is 32.2. The molecular weight excluding hydrogens is 308 g/mol. The van der Waals surface area contributed by atoms with E-state index in [2.05, 4.69) is 52.9 Å². The Bertz CT molecular complexity index is 509. The number of nitrogens with zero attached hydrogens (tertiary/aromatic N) is 1.